The van der Waals surface area contributed by atoms with Gasteiger partial charge in [0, 0.05) is 29.2 Å². The Hall–Kier alpha value is -4.19. The second-order valence-corrected chi connectivity index (χ2v) is 9.27. The Morgan fingerprint density at radius 1 is 1.03 bits per heavy atom. The predicted molar refractivity (Wildman–Crippen MR) is 133 cm³/mol. The van der Waals surface area contributed by atoms with Crippen LogP contribution in [0.25, 0.3) is 10.9 Å². The molecule has 6 heteroatoms. The summed E-state index contributed by atoms with van der Waals surface area (Å²) in [5, 5.41) is 12.1. The third kappa shape index (κ3) is 4.01. The number of aromatic hydroxyl groups is 1. The Morgan fingerprint density at radius 2 is 1.74 bits per heavy atom. The van der Waals surface area contributed by atoms with Crippen LogP contribution in [0.15, 0.2) is 77.6 Å². The number of hydrogen-bond donors (Lipinski definition) is 1. The molecule has 4 aromatic rings. The van der Waals surface area contributed by atoms with Crippen LogP contribution in [0.4, 0.5) is 0 Å². The summed E-state index contributed by atoms with van der Waals surface area (Å²) in [5.74, 6) is -1.47. The summed E-state index contributed by atoms with van der Waals surface area (Å²) in [6, 6.07) is 21.0. The maximum Gasteiger partial charge on any atom is 0.312 e. The molecule has 2 heterocycles. The fourth-order valence-electron chi connectivity index (χ4n) is 4.79. The molecule has 176 valence electrons. The summed E-state index contributed by atoms with van der Waals surface area (Å²) in [4.78, 5) is 39.4. The topological polar surface area (TPSA) is 85.6 Å². The minimum Gasteiger partial charge on any atom is -0.507 e. The predicted octanol–water partition coefficient (Wildman–Crippen LogP) is 5.04. The molecule has 6 nitrogen and oxygen atoms in total. The number of ketones is 1. The number of para-hydroxylation sites is 1. The highest BCUT2D eigenvalue weighted by atomic mass is 16.5. The number of hydrogen-bond acceptors (Lipinski definition) is 5. The van der Waals surface area contributed by atoms with Gasteiger partial charge >= 0.3 is 5.97 Å². The van der Waals surface area contributed by atoms with E-state index in [4.69, 9.17) is 4.74 Å². The van der Waals surface area contributed by atoms with Crippen molar-refractivity contribution in [3.8, 4) is 11.5 Å². The third-order valence-electron chi connectivity index (χ3n) is 6.35. The number of nitrogens with zero attached hydrogens (tertiary/aromatic N) is 1. The smallest absolute Gasteiger partial charge is 0.312 e. The fraction of sp³-hybridized carbons (Fsp3) is 0.207. The number of aromatic nitrogens is 1. The van der Waals surface area contributed by atoms with Crippen molar-refractivity contribution in [3.05, 3.63) is 105 Å². The van der Waals surface area contributed by atoms with E-state index < -0.39 is 11.9 Å². The highest BCUT2D eigenvalue weighted by Crippen LogP contribution is 2.45. The molecular weight excluding hydrogens is 442 g/mol. The Morgan fingerprint density at radius 3 is 2.49 bits per heavy atom. The number of benzene rings is 3. The van der Waals surface area contributed by atoms with Gasteiger partial charge in [0.1, 0.15) is 11.5 Å². The van der Waals surface area contributed by atoms with Gasteiger partial charge in [-0.15, -0.1) is 0 Å². The highest BCUT2D eigenvalue weighted by molar-refractivity contribution is 6.11. The third-order valence-corrected chi connectivity index (χ3v) is 6.35. The molecule has 35 heavy (non-hydrogen) atoms. The Kier molecular flexibility index (Phi) is 5.73. The molecule has 0 spiro atoms. The Labute approximate surface area is 202 Å². The molecule has 1 unspecified atom stereocenters. The lowest BCUT2D eigenvalue weighted by atomic mass is 9.84. The molecule has 5 rings (SSSR count). The number of ether oxygens (including phenoxy) is 1. The molecule has 0 amide bonds. The summed E-state index contributed by atoms with van der Waals surface area (Å²) < 4.78 is 7.14. The van der Waals surface area contributed by atoms with Gasteiger partial charge in [-0.2, -0.15) is 0 Å². The lowest BCUT2D eigenvalue weighted by Crippen LogP contribution is -2.31. The number of phenols is 1. The molecule has 0 radical (unpaired) electrons. The van der Waals surface area contributed by atoms with Crippen LogP contribution in [0.1, 0.15) is 53.2 Å². The summed E-state index contributed by atoms with van der Waals surface area (Å²) in [6.45, 7) is 4.58. The van der Waals surface area contributed by atoms with Crippen molar-refractivity contribution in [2.75, 3.05) is 0 Å². The Bertz CT molecular complexity index is 1520. The summed E-state index contributed by atoms with van der Waals surface area (Å²) in [7, 11) is 0. The van der Waals surface area contributed by atoms with E-state index in [-0.39, 0.29) is 46.3 Å². The number of phenolic OH excluding ortho intramolecular Hbond substituents is 1. The fourth-order valence-corrected chi connectivity index (χ4v) is 4.79. The van der Waals surface area contributed by atoms with Gasteiger partial charge in [0.25, 0.3) is 5.56 Å². The van der Waals surface area contributed by atoms with Crippen molar-refractivity contribution in [2.45, 2.75) is 32.7 Å². The molecule has 3 aromatic carbocycles. The first-order chi connectivity index (χ1) is 16.8. The molecule has 0 fully saturated rings. The van der Waals surface area contributed by atoms with Crippen molar-refractivity contribution in [2.24, 2.45) is 5.92 Å². The van der Waals surface area contributed by atoms with E-state index in [1.807, 2.05) is 38.1 Å². The van der Waals surface area contributed by atoms with Gasteiger partial charge in [0.15, 0.2) is 5.78 Å². The van der Waals surface area contributed by atoms with E-state index in [1.54, 1.807) is 41.0 Å². The lowest BCUT2D eigenvalue weighted by Gasteiger charge is -2.27. The molecule has 1 aromatic heterocycles. The average molecular weight is 468 g/mol. The first-order valence-corrected chi connectivity index (χ1v) is 11.6. The van der Waals surface area contributed by atoms with E-state index in [1.165, 1.54) is 12.1 Å². The van der Waals surface area contributed by atoms with Crippen LogP contribution in [0.5, 0.6) is 11.5 Å². The standard InChI is InChI=1S/C29H25NO5/c1-17(2)16-30-23-11-7-6-10-19(23)14-22(29(30)34)21-15-25(31)35-24-13-12-20(28(33)26(21)24)27(32)18-8-4-3-5-9-18/h3-14,17,21,33H,15-16H2,1-2H3. The Balaban J connectivity index is 1.72. The van der Waals surface area contributed by atoms with Gasteiger partial charge in [0.2, 0.25) is 0 Å². The van der Waals surface area contributed by atoms with Gasteiger partial charge in [-0.25, -0.2) is 0 Å². The number of esters is 1. The SMILES string of the molecule is CC(C)Cn1c(=O)c(C2CC(=O)Oc3ccc(C(=O)c4ccccc4)c(O)c32)cc2ccccc21. The number of pyridine rings is 1. The highest BCUT2D eigenvalue weighted by Gasteiger charge is 2.35. The molecule has 0 bridgehead atoms. The van der Waals surface area contributed by atoms with Crippen LogP contribution < -0.4 is 10.3 Å². The average Bonchev–Trinajstić information content (AvgIpc) is 2.85. The van der Waals surface area contributed by atoms with Crippen LogP contribution in [0.2, 0.25) is 0 Å². The van der Waals surface area contributed by atoms with Crippen LogP contribution >= 0.6 is 0 Å². The zero-order valence-electron chi connectivity index (χ0n) is 19.5. The van der Waals surface area contributed by atoms with Crippen LogP contribution in [0.3, 0.4) is 0 Å². The maximum absolute atomic E-state index is 13.7. The normalized spacial score (nSPS) is 15.2. The zero-order valence-corrected chi connectivity index (χ0v) is 19.5. The second-order valence-electron chi connectivity index (χ2n) is 9.27. The van der Waals surface area contributed by atoms with E-state index in [0.29, 0.717) is 17.7 Å². The van der Waals surface area contributed by atoms with Crippen molar-refractivity contribution in [3.63, 3.8) is 0 Å². The van der Waals surface area contributed by atoms with Gasteiger partial charge in [0.05, 0.1) is 17.5 Å². The van der Waals surface area contributed by atoms with Gasteiger partial charge in [-0.3, -0.25) is 14.4 Å². The zero-order chi connectivity index (χ0) is 24.7. The minimum atomic E-state index is -0.745. The molecule has 0 aliphatic carbocycles. The van der Waals surface area contributed by atoms with Gasteiger partial charge in [-0.05, 0) is 35.6 Å². The molecule has 0 saturated heterocycles. The quantitative estimate of drug-likeness (QED) is 0.253. The van der Waals surface area contributed by atoms with E-state index in [9.17, 15) is 19.5 Å². The van der Waals surface area contributed by atoms with E-state index >= 15 is 0 Å². The number of carbonyl (C=O) groups is 2. The first kappa shape index (κ1) is 22.6. The lowest BCUT2D eigenvalue weighted by molar-refractivity contribution is -0.135. The van der Waals surface area contributed by atoms with Gasteiger partial charge in [-0.1, -0.05) is 62.4 Å². The first-order valence-electron chi connectivity index (χ1n) is 11.6. The number of carbonyl (C=O) groups excluding carboxylic acids is 2. The molecule has 1 aliphatic rings. The van der Waals surface area contributed by atoms with Crippen molar-refractivity contribution in [1.82, 2.24) is 4.57 Å². The summed E-state index contributed by atoms with van der Waals surface area (Å²) >= 11 is 0. The van der Waals surface area contributed by atoms with Crippen molar-refractivity contribution in [1.29, 1.82) is 0 Å². The number of fused-ring (bicyclic) bond motifs is 2. The molecule has 1 atom stereocenters. The monoisotopic (exact) mass is 467 g/mol. The second kappa shape index (κ2) is 8.87. The molecule has 1 aliphatic heterocycles. The molecule has 0 saturated carbocycles. The van der Waals surface area contributed by atoms with Crippen LogP contribution in [-0.4, -0.2) is 21.4 Å². The number of rotatable bonds is 5. The van der Waals surface area contributed by atoms with Crippen LogP contribution in [0, 0.1) is 5.92 Å². The molecule has 1 N–H and O–H groups in total. The van der Waals surface area contributed by atoms with E-state index in [2.05, 4.69) is 0 Å². The summed E-state index contributed by atoms with van der Waals surface area (Å²) in [6.07, 6.45) is -0.112. The van der Waals surface area contributed by atoms with Crippen molar-refractivity contribution < 1.29 is 19.4 Å². The minimum absolute atomic E-state index is 0.0983. The van der Waals surface area contributed by atoms with E-state index in [0.717, 1.165) is 10.9 Å². The van der Waals surface area contributed by atoms with Gasteiger partial charge < -0.3 is 14.4 Å². The largest absolute Gasteiger partial charge is 0.507 e. The molecular formula is C29H25NO5. The maximum atomic E-state index is 13.7. The summed E-state index contributed by atoms with van der Waals surface area (Å²) in [5.41, 5.74) is 1.79. The van der Waals surface area contributed by atoms with Crippen LogP contribution in [-0.2, 0) is 11.3 Å². The van der Waals surface area contributed by atoms with Crippen molar-refractivity contribution >= 4 is 22.7 Å².